The Morgan fingerprint density at radius 3 is 3.00 bits per heavy atom. The number of likely N-dealkylation sites (tertiary alicyclic amines) is 1. The molecule has 2 unspecified atom stereocenters. The molecule has 0 bridgehead atoms. The van der Waals surface area contributed by atoms with Crippen LogP contribution in [0.3, 0.4) is 0 Å². The highest BCUT2D eigenvalue weighted by molar-refractivity contribution is 7.09. The fourth-order valence-electron chi connectivity index (χ4n) is 2.53. The van der Waals surface area contributed by atoms with Gasteiger partial charge in [-0.05, 0) is 18.8 Å². The van der Waals surface area contributed by atoms with Gasteiger partial charge in [-0.1, -0.05) is 13.8 Å². The van der Waals surface area contributed by atoms with Crippen molar-refractivity contribution in [1.29, 1.82) is 0 Å². The van der Waals surface area contributed by atoms with E-state index in [1.54, 1.807) is 18.4 Å². The van der Waals surface area contributed by atoms with Crippen LogP contribution >= 0.6 is 11.3 Å². The van der Waals surface area contributed by atoms with Crippen LogP contribution < -0.4 is 5.73 Å². The van der Waals surface area contributed by atoms with Crippen LogP contribution in [0, 0.1) is 5.41 Å². The molecule has 19 heavy (non-hydrogen) atoms. The van der Waals surface area contributed by atoms with Crippen LogP contribution in [0.15, 0.2) is 5.38 Å². The number of hydrogen-bond acceptors (Lipinski definition) is 5. The van der Waals surface area contributed by atoms with Gasteiger partial charge >= 0.3 is 0 Å². The number of aromatic nitrogens is 1. The second-order valence-corrected chi connectivity index (χ2v) is 7.04. The minimum atomic E-state index is 0.0879. The van der Waals surface area contributed by atoms with Crippen LogP contribution in [0.1, 0.15) is 44.0 Å². The maximum atomic E-state index is 6.17. The summed E-state index contributed by atoms with van der Waals surface area (Å²) in [6.07, 6.45) is 1.16. The van der Waals surface area contributed by atoms with Crippen molar-refractivity contribution in [1.82, 2.24) is 9.88 Å². The lowest BCUT2D eigenvalue weighted by Crippen LogP contribution is -2.52. The summed E-state index contributed by atoms with van der Waals surface area (Å²) >= 11 is 1.68. The van der Waals surface area contributed by atoms with E-state index in [2.05, 4.69) is 29.1 Å². The van der Waals surface area contributed by atoms with Gasteiger partial charge in [0.1, 0.15) is 11.1 Å². The highest BCUT2D eigenvalue weighted by Gasteiger charge is 2.33. The molecule has 1 aliphatic heterocycles. The Hall–Kier alpha value is -0.490. The molecule has 0 spiro atoms. The molecule has 1 fully saturated rings. The van der Waals surface area contributed by atoms with E-state index in [9.17, 15) is 0 Å². The van der Waals surface area contributed by atoms with Gasteiger partial charge in [0.25, 0.3) is 0 Å². The van der Waals surface area contributed by atoms with Crippen molar-refractivity contribution in [3.8, 4) is 0 Å². The second kappa shape index (κ2) is 5.87. The largest absolute Gasteiger partial charge is 0.375 e. The summed E-state index contributed by atoms with van der Waals surface area (Å²) in [7, 11) is 1.72. The molecule has 1 aliphatic rings. The Morgan fingerprint density at radius 1 is 1.63 bits per heavy atom. The van der Waals surface area contributed by atoms with Gasteiger partial charge in [-0.15, -0.1) is 11.3 Å². The van der Waals surface area contributed by atoms with Gasteiger partial charge in [-0.25, -0.2) is 4.98 Å². The summed E-state index contributed by atoms with van der Waals surface area (Å²) in [5.41, 5.74) is 7.51. The molecule has 1 aromatic rings. The maximum absolute atomic E-state index is 6.17. The van der Waals surface area contributed by atoms with E-state index in [0.29, 0.717) is 6.04 Å². The number of hydrogen-bond donors (Lipinski definition) is 1. The zero-order valence-corrected chi connectivity index (χ0v) is 13.2. The van der Waals surface area contributed by atoms with E-state index < -0.39 is 0 Å². The molecule has 0 aromatic carbocycles. The Morgan fingerprint density at radius 2 is 2.37 bits per heavy atom. The fraction of sp³-hybridized carbons (Fsp3) is 0.786. The van der Waals surface area contributed by atoms with Crippen molar-refractivity contribution < 1.29 is 4.74 Å². The fourth-order valence-corrected chi connectivity index (χ4v) is 3.37. The first kappa shape index (κ1) is 14.9. The molecule has 2 heterocycles. The molecule has 2 rings (SSSR count). The van der Waals surface area contributed by atoms with E-state index in [1.165, 1.54) is 0 Å². The quantitative estimate of drug-likeness (QED) is 0.922. The number of nitrogens with two attached hydrogens (primary N) is 1. The summed E-state index contributed by atoms with van der Waals surface area (Å²) < 4.78 is 5.30. The van der Waals surface area contributed by atoms with Gasteiger partial charge in [-0.3, -0.25) is 4.90 Å². The first-order valence-electron chi connectivity index (χ1n) is 6.87. The van der Waals surface area contributed by atoms with Gasteiger partial charge < -0.3 is 10.5 Å². The van der Waals surface area contributed by atoms with Gasteiger partial charge in [0.15, 0.2) is 0 Å². The third kappa shape index (κ3) is 3.54. The van der Waals surface area contributed by atoms with Gasteiger partial charge in [0, 0.05) is 38.2 Å². The zero-order valence-electron chi connectivity index (χ0n) is 12.3. The lowest BCUT2D eigenvalue weighted by molar-refractivity contribution is 0.0885. The van der Waals surface area contributed by atoms with E-state index in [1.807, 2.05) is 6.92 Å². The van der Waals surface area contributed by atoms with Gasteiger partial charge in [-0.2, -0.15) is 0 Å². The summed E-state index contributed by atoms with van der Waals surface area (Å²) in [5, 5.41) is 3.21. The SMILES string of the molecule is COC(C)c1nc(CN2CCC(N)C(C)(C)C2)cs1. The van der Waals surface area contributed by atoms with Crippen molar-refractivity contribution in [2.45, 2.75) is 45.9 Å². The average Bonchev–Trinajstić information content (AvgIpc) is 2.81. The van der Waals surface area contributed by atoms with Crippen molar-refractivity contribution in [2.24, 2.45) is 11.1 Å². The first-order valence-corrected chi connectivity index (χ1v) is 7.75. The molecular weight excluding hydrogens is 258 g/mol. The minimum Gasteiger partial charge on any atom is -0.375 e. The van der Waals surface area contributed by atoms with Crippen LogP contribution in [0.5, 0.6) is 0 Å². The third-order valence-electron chi connectivity index (χ3n) is 4.05. The van der Waals surface area contributed by atoms with Crippen LogP contribution in [0.25, 0.3) is 0 Å². The number of piperidine rings is 1. The van der Waals surface area contributed by atoms with E-state index in [-0.39, 0.29) is 11.5 Å². The Labute approximate surface area is 120 Å². The van der Waals surface area contributed by atoms with E-state index in [4.69, 9.17) is 10.5 Å². The van der Waals surface area contributed by atoms with Gasteiger partial charge in [0.05, 0.1) is 5.69 Å². The summed E-state index contributed by atoms with van der Waals surface area (Å²) in [6.45, 7) is 9.57. The van der Waals surface area contributed by atoms with Crippen LogP contribution in [0.2, 0.25) is 0 Å². The van der Waals surface area contributed by atoms with Crippen molar-refractivity contribution >= 4 is 11.3 Å². The average molecular weight is 283 g/mol. The van der Waals surface area contributed by atoms with Gasteiger partial charge in [0.2, 0.25) is 0 Å². The molecule has 4 nitrogen and oxygen atoms in total. The lowest BCUT2D eigenvalue weighted by atomic mass is 9.80. The Bertz CT molecular complexity index is 419. The summed E-state index contributed by atoms with van der Waals surface area (Å²) in [5.74, 6) is 0. The highest BCUT2D eigenvalue weighted by Crippen LogP contribution is 2.29. The molecule has 0 saturated carbocycles. The molecule has 108 valence electrons. The number of rotatable bonds is 4. The summed E-state index contributed by atoms with van der Waals surface area (Å²) in [4.78, 5) is 7.12. The summed E-state index contributed by atoms with van der Waals surface area (Å²) in [6, 6.07) is 0.309. The van der Waals surface area contributed by atoms with Crippen LogP contribution in [-0.2, 0) is 11.3 Å². The molecule has 5 heteroatoms. The number of thiazole rings is 1. The monoisotopic (exact) mass is 283 g/mol. The Kier molecular flexibility index (Phi) is 4.61. The molecule has 2 N–H and O–H groups in total. The van der Waals surface area contributed by atoms with Crippen molar-refractivity contribution in [3.63, 3.8) is 0 Å². The molecular formula is C14H25N3OS. The molecule has 0 amide bonds. The molecule has 0 radical (unpaired) electrons. The standard InChI is InChI=1S/C14H25N3OS/c1-10(18-4)13-16-11(8-19-13)7-17-6-5-12(15)14(2,3)9-17/h8,10,12H,5-7,9,15H2,1-4H3. The first-order chi connectivity index (χ1) is 8.92. The molecule has 2 atom stereocenters. The predicted molar refractivity (Wildman–Crippen MR) is 79.2 cm³/mol. The molecule has 1 saturated heterocycles. The van der Waals surface area contributed by atoms with Crippen LogP contribution in [-0.4, -0.2) is 36.1 Å². The van der Waals surface area contributed by atoms with Crippen LogP contribution in [0.4, 0.5) is 0 Å². The second-order valence-electron chi connectivity index (χ2n) is 6.15. The normalized spacial score (nSPS) is 25.4. The molecule has 1 aromatic heterocycles. The number of methoxy groups -OCH3 is 1. The number of ether oxygens (including phenoxy) is 1. The lowest BCUT2D eigenvalue weighted by Gasteiger charge is -2.42. The van der Waals surface area contributed by atoms with E-state index in [0.717, 1.165) is 36.8 Å². The number of nitrogens with zero attached hydrogens (tertiary/aromatic N) is 2. The highest BCUT2D eigenvalue weighted by atomic mass is 32.1. The predicted octanol–water partition coefficient (Wildman–Crippen LogP) is 2.41. The van der Waals surface area contributed by atoms with Crippen molar-refractivity contribution in [2.75, 3.05) is 20.2 Å². The maximum Gasteiger partial charge on any atom is 0.122 e. The van der Waals surface area contributed by atoms with E-state index >= 15 is 0 Å². The minimum absolute atomic E-state index is 0.0879. The zero-order chi connectivity index (χ0) is 14.0. The third-order valence-corrected chi connectivity index (χ3v) is 5.10. The Balaban J connectivity index is 1.96. The van der Waals surface area contributed by atoms with Crippen molar-refractivity contribution in [3.05, 3.63) is 16.1 Å². The smallest absolute Gasteiger partial charge is 0.122 e. The molecule has 0 aliphatic carbocycles. The topological polar surface area (TPSA) is 51.4 Å².